The van der Waals surface area contributed by atoms with Crippen LogP contribution in [0.2, 0.25) is 0 Å². The van der Waals surface area contributed by atoms with E-state index in [1.165, 1.54) is 0 Å². The summed E-state index contributed by atoms with van der Waals surface area (Å²) in [6.45, 7) is 2.82. The fraction of sp³-hybridized carbons (Fsp3) is 0.500. The van der Waals surface area contributed by atoms with Gasteiger partial charge < -0.3 is 10.5 Å². The predicted octanol–water partition coefficient (Wildman–Crippen LogP) is 1.32. The van der Waals surface area contributed by atoms with Crippen molar-refractivity contribution in [1.29, 1.82) is 0 Å². The van der Waals surface area contributed by atoms with Crippen LogP contribution in [-0.2, 0) is 4.79 Å². The van der Waals surface area contributed by atoms with E-state index < -0.39 is 0 Å². The number of likely N-dealkylation sites (tertiary alicyclic amines) is 1. The number of para-hydroxylation sites is 1. The summed E-state index contributed by atoms with van der Waals surface area (Å²) < 4.78 is 5.84. The third-order valence-corrected chi connectivity index (χ3v) is 4.32. The van der Waals surface area contributed by atoms with Crippen LogP contribution < -0.4 is 10.5 Å². The fourth-order valence-corrected chi connectivity index (χ4v) is 3.48. The van der Waals surface area contributed by atoms with Crippen LogP contribution in [-0.4, -0.2) is 30.5 Å². The van der Waals surface area contributed by atoms with Gasteiger partial charge in [0, 0.05) is 17.0 Å². The minimum absolute atomic E-state index is 0.0389. The lowest BCUT2D eigenvalue weighted by Gasteiger charge is -2.39. The second kappa shape index (κ2) is 3.72. The third kappa shape index (κ3) is 1.45. The number of ether oxygens (including phenoxy) is 1. The second-order valence-electron chi connectivity index (χ2n) is 5.67. The molecule has 2 aliphatic heterocycles. The number of benzene rings is 1. The molecular formula is C14H18N2O2. The maximum atomic E-state index is 11.5. The summed E-state index contributed by atoms with van der Waals surface area (Å²) in [4.78, 5) is 13.7. The first-order valence-corrected chi connectivity index (χ1v) is 6.26. The molecule has 0 bridgehead atoms. The molecule has 4 heteroatoms. The molecule has 1 aromatic rings. The van der Waals surface area contributed by atoms with Crippen molar-refractivity contribution >= 4 is 5.91 Å². The highest BCUT2D eigenvalue weighted by Crippen LogP contribution is 2.53. The molecule has 1 amide bonds. The lowest BCUT2D eigenvalue weighted by atomic mass is 9.77. The highest BCUT2D eigenvalue weighted by Gasteiger charge is 2.53. The molecule has 18 heavy (non-hydrogen) atoms. The number of hydrogen-bond donors (Lipinski definition) is 1. The molecule has 0 saturated carbocycles. The average Bonchev–Trinajstić information content (AvgIpc) is 2.62. The van der Waals surface area contributed by atoms with E-state index in [4.69, 9.17) is 10.5 Å². The highest BCUT2D eigenvalue weighted by atomic mass is 16.5. The van der Waals surface area contributed by atoms with Gasteiger partial charge in [0.15, 0.2) is 0 Å². The topological polar surface area (TPSA) is 55.6 Å². The average molecular weight is 246 g/mol. The summed E-state index contributed by atoms with van der Waals surface area (Å²) in [5.41, 5.74) is 6.63. The molecule has 3 atom stereocenters. The van der Waals surface area contributed by atoms with Gasteiger partial charge in [-0.25, -0.2) is 0 Å². The number of amides is 1. The smallest absolute Gasteiger partial charge is 0.234 e. The van der Waals surface area contributed by atoms with E-state index in [-0.39, 0.29) is 23.4 Å². The SMILES string of the molecule is CN1[C@@H](C(N)=O)C[C@]2(C)COc3ccccc3[C@H]12. The Morgan fingerprint density at radius 2 is 2.22 bits per heavy atom. The molecule has 0 aliphatic carbocycles. The van der Waals surface area contributed by atoms with Crippen molar-refractivity contribution in [2.24, 2.45) is 11.1 Å². The molecule has 96 valence electrons. The number of nitrogens with zero attached hydrogens (tertiary/aromatic N) is 1. The van der Waals surface area contributed by atoms with Gasteiger partial charge in [-0.3, -0.25) is 9.69 Å². The van der Waals surface area contributed by atoms with Crippen LogP contribution in [0.4, 0.5) is 0 Å². The summed E-state index contributed by atoms with van der Waals surface area (Å²) in [7, 11) is 1.98. The molecule has 3 rings (SSSR count). The normalized spacial score (nSPS) is 34.6. The van der Waals surface area contributed by atoms with Crippen LogP contribution in [0.25, 0.3) is 0 Å². The van der Waals surface area contributed by atoms with Gasteiger partial charge in [0.25, 0.3) is 0 Å². The predicted molar refractivity (Wildman–Crippen MR) is 68.1 cm³/mol. The first kappa shape index (κ1) is 11.5. The first-order valence-electron chi connectivity index (χ1n) is 6.26. The molecule has 0 aromatic heterocycles. The van der Waals surface area contributed by atoms with Crippen LogP contribution in [0, 0.1) is 5.41 Å². The zero-order valence-electron chi connectivity index (χ0n) is 10.7. The van der Waals surface area contributed by atoms with Gasteiger partial charge >= 0.3 is 0 Å². The Kier molecular flexibility index (Phi) is 2.38. The Bertz CT molecular complexity index is 502. The van der Waals surface area contributed by atoms with Crippen molar-refractivity contribution in [2.75, 3.05) is 13.7 Å². The Balaban J connectivity index is 2.07. The van der Waals surface area contributed by atoms with E-state index in [1.807, 2.05) is 25.2 Å². The van der Waals surface area contributed by atoms with E-state index >= 15 is 0 Å². The standard InChI is InChI=1S/C14H18N2O2/c1-14-7-10(13(15)17)16(2)12(14)9-5-3-4-6-11(9)18-8-14/h3-6,10,12H,7-8H2,1-2H3,(H2,15,17)/t10-,12+,14-/m1/s1. The zero-order chi connectivity index (χ0) is 12.9. The largest absolute Gasteiger partial charge is 0.493 e. The Labute approximate surface area is 107 Å². The number of likely N-dealkylation sites (N-methyl/N-ethyl adjacent to an activating group) is 1. The van der Waals surface area contributed by atoms with Crippen LogP contribution in [0.3, 0.4) is 0 Å². The van der Waals surface area contributed by atoms with Gasteiger partial charge in [0.05, 0.1) is 12.6 Å². The van der Waals surface area contributed by atoms with Gasteiger partial charge in [-0.2, -0.15) is 0 Å². The van der Waals surface area contributed by atoms with E-state index in [0.717, 1.165) is 17.7 Å². The molecule has 1 fully saturated rings. The van der Waals surface area contributed by atoms with Crippen LogP contribution in [0.1, 0.15) is 24.9 Å². The van der Waals surface area contributed by atoms with E-state index in [2.05, 4.69) is 17.9 Å². The number of hydrogen-bond acceptors (Lipinski definition) is 3. The van der Waals surface area contributed by atoms with Gasteiger partial charge in [-0.1, -0.05) is 25.1 Å². The van der Waals surface area contributed by atoms with Crippen LogP contribution >= 0.6 is 0 Å². The molecule has 0 unspecified atom stereocenters. The number of carbonyl (C=O) groups excluding carboxylic acids is 1. The summed E-state index contributed by atoms with van der Waals surface area (Å²) >= 11 is 0. The lowest BCUT2D eigenvalue weighted by Crippen LogP contribution is -2.40. The van der Waals surface area contributed by atoms with Crippen molar-refractivity contribution in [3.63, 3.8) is 0 Å². The molecule has 1 aromatic carbocycles. The molecule has 0 radical (unpaired) electrons. The summed E-state index contributed by atoms with van der Waals surface area (Å²) in [6, 6.07) is 8.06. The van der Waals surface area contributed by atoms with Crippen LogP contribution in [0.5, 0.6) is 5.75 Å². The van der Waals surface area contributed by atoms with Crippen molar-refractivity contribution < 1.29 is 9.53 Å². The molecular weight excluding hydrogens is 228 g/mol. The molecule has 1 saturated heterocycles. The molecule has 0 spiro atoms. The van der Waals surface area contributed by atoms with Crippen molar-refractivity contribution in [2.45, 2.75) is 25.4 Å². The molecule has 2 heterocycles. The number of fused-ring (bicyclic) bond motifs is 3. The van der Waals surface area contributed by atoms with Crippen molar-refractivity contribution in [1.82, 2.24) is 4.90 Å². The number of primary amides is 1. The van der Waals surface area contributed by atoms with E-state index in [0.29, 0.717) is 6.61 Å². The quantitative estimate of drug-likeness (QED) is 0.813. The second-order valence-corrected chi connectivity index (χ2v) is 5.67. The minimum atomic E-state index is -0.245. The maximum Gasteiger partial charge on any atom is 0.234 e. The maximum absolute atomic E-state index is 11.5. The van der Waals surface area contributed by atoms with E-state index in [9.17, 15) is 4.79 Å². The number of carbonyl (C=O) groups is 1. The monoisotopic (exact) mass is 246 g/mol. The zero-order valence-corrected chi connectivity index (χ0v) is 10.7. The molecule has 2 aliphatic rings. The Hall–Kier alpha value is -1.55. The fourth-order valence-electron chi connectivity index (χ4n) is 3.48. The van der Waals surface area contributed by atoms with Gasteiger partial charge in [0.1, 0.15) is 5.75 Å². The summed E-state index contributed by atoms with van der Waals surface area (Å²) in [5, 5.41) is 0. The van der Waals surface area contributed by atoms with Crippen molar-refractivity contribution in [3.8, 4) is 5.75 Å². The Morgan fingerprint density at radius 3 is 2.94 bits per heavy atom. The molecule has 2 N–H and O–H groups in total. The highest BCUT2D eigenvalue weighted by molar-refractivity contribution is 5.80. The van der Waals surface area contributed by atoms with Crippen molar-refractivity contribution in [3.05, 3.63) is 29.8 Å². The summed E-state index contributed by atoms with van der Waals surface area (Å²) in [6.07, 6.45) is 0.762. The molecule has 4 nitrogen and oxygen atoms in total. The third-order valence-electron chi connectivity index (χ3n) is 4.32. The lowest BCUT2D eigenvalue weighted by molar-refractivity contribution is -0.122. The minimum Gasteiger partial charge on any atom is -0.493 e. The Morgan fingerprint density at radius 1 is 1.50 bits per heavy atom. The van der Waals surface area contributed by atoms with Crippen LogP contribution in [0.15, 0.2) is 24.3 Å². The van der Waals surface area contributed by atoms with Gasteiger partial charge in [-0.05, 0) is 19.5 Å². The number of rotatable bonds is 1. The summed E-state index contributed by atoms with van der Waals surface area (Å²) in [5.74, 6) is 0.683. The first-order chi connectivity index (χ1) is 8.53. The van der Waals surface area contributed by atoms with Gasteiger partial charge in [0.2, 0.25) is 5.91 Å². The number of nitrogens with two attached hydrogens (primary N) is 1. The van der Waals surface area contributed by atoms with Gasteiger partial charge in [-0.15, -0.1) is 0 Å². The van der Waals surface area contributed by atoms with E-state index in [1.54, 1.807) is 0 Å².